The summed E-state index contributed by atoms with van der Waals surface area (Å²) in [6.45, 7) is 3.67. The third kappa shape index (κ3) is 5.40. The molecule has 0 radical (unpaired) electrons. The Kier molecular flexibility index (Phi) is 7.55. The highest BCUT2D eigenvalue weighted by atomic mass is 31.2. The van der Waals surface area contributed by atoms with Crippen LogP contribution in [0.15, 0.2) is 30.3 Å². The van der Waals surface area contributed by atoms with Crippen molar-refractivity contribution in [1.82, 2.24) is 9.97 Å². The summed E-state index contributed by atoms with van der Waals surface area (Å²) in [4.78, 5) is 8.14. The maximum absolute atomic E-state index is 12.7. The quantitative estimate of drug-likeness (QED) is 0.601. The van der Waals surface area contributed by atoms with Crippen LogP contribution in [0.25, 0.3) is 0 Å². The fourth-order valence-electron chi connectivity index (χ4n) is 2.17. The van der Waals surface area contributed by atoms with Crippen LogP contribution >= 0.6 is 7.60 Å². The van der Waals surface area contributed by atoms with Gasteiger partial charge in [0.15, 0.2) is 5.85 Å². The summed E-state index contributed by atoms with van der Waals surface area (Å²) in [5.41, 5.74) is 0.372. The van der Waals surface area contributed by atoms with Gasteiger partial charge in [-0.05, 0) is 31.5 Å². The van der Waals surface area contributed by atoms with Crippen LogP contribution in [-0.2, 0) is 13.6 Å². The Hall–Kier alpha value is -2.19. The second kappa shape index (κ2) is 9.66. The Labute approximate surface area is 157 Å². The Balaban J connectivity index is 2.18. The molecular weight excluding hydrogens is 375 g/mol. The van der Waals surface area contributed by atoms with Gasteiger partial charge in [-0.15, -0.1) is 0 Å². The van der Waals surface area contributed by atoms with E-state index < -0.39 is 13.4 Å². The molecule has 2 rings (SSSR count). The minimum Gasteiger partial charge on any atom is -0.481 e. The zero-order chi connectivity index (χ0) is 19.9. The first-order chi connectivity index (χ1) is 13.0. The van der Waals surface area contributed by atoms with Gasteiger partial charge in [-0.2, -0.15) is 9.97 Å². The van der Waals surface area contributed by atoms with Crippen molar-refractivity contribution in [2.24, 2.45) is 0 Å². The van der Waals surface area contributed by atoms with Crippen LogP contribution in [0.2, 0.25) is 0 Å². The molecule has 2 aromatic rings. The molecule has 0 saturated heterocycles. The molecule has 0 aliphatic heterocycles. The summed E-state index contributed by atoms with van der Waals surface area (Å²) in [5.74, 6) is -0.417. The van der Waals surface area contributed by atoms with Gasteiger partial charge in [0.05, 0.1) is 33.5 Å². The van der Waals surface area contributed by atoms with Crippen molar-refractivity contribution in [2.75, 3.05) is 27.4 Å². The Morgan fingerprint density at radius 2 is 1.52 bits per heavy atom. The van der Waals surface area contributed by atoms with E-state index in [0.717, 1.165) is 0 Å². The third-order valence-electron chi connectivity index (χ3n) is 3.38. The van der Waals surface area contributed by atoms with Crippen LogP contribution in [0.4, 0.5) is 0 Å². The van der Waals surface area contributed by atoms with E-state index in [1.165, 1.54) is 20.3 Å². The molecule has 1 aromatic heterocycles. The molecule has 0 aliphatic rings. The highest BCUT2D eigenvalue weighted by Crippen LogP contribution is 2.59. The van der Waals surface area contributed by atoms with Crippen molar-refractivity contribution < 1.29 is 32.9 Å². The van der Waals surface area contributed by atoms with Crippen LogP contribution < -0.4 is 14.2 Å². The zero-order valence-electron chi connectivity index (χ0n) is 15.6. The second-order valence-corrected chi connectivity index (χ2v) is 7.24. The molecule has 0 saturated carbocycles. The molecule has 27 heavy (non-hydrogen) atoms. The molecule has 9 nitrogen and oxygen atoms in total. The van der Waals surface area contributed by atoms with Crippen molar-refractivity contribution >= 4 is 7.60 Å². The van der Waals surface area contributed by atoms with E-state index in [-0.39, 0.29) is 19.2 Å². The number of methoxy groups -OCH3 is 2. The Morgan fingerprint density at radius 3 is 1.96 bits per heavy atom. The number of ether oxygens (including phenoxy) is 3. The summed E-state index contributed by atoms with van der Waals surface area (Å²) in [5, 5.41) is 10.4. The molecule has 1 aromatic carbocycles. The van der Waals surface area contributed by atoms with Crippen LogP contribution in [-0.4, -0.2) is 42.5 Å². The van der Waals surface area contributed by atoms with Gasteiger partial charge in [0.2, 0.25) is 11.8 Å². The monoisotopic (exact) mass is 398 g/mol. The zero-order valence-corrected chi connectivity index (χ0v) is 16.5. The van der Waals surface area contributed by atoms with E-state index in [4.69, 9.17) is 23.3 Å². The number of aromatic nitrogens is 2. The topological polar surface area (TPSA) is 109 Å². The van der Waals surface area contributed by atoms with E-state index in [1.54, 1.807) is 38.1 Å². The van der Waals surface area contributed by atoms with Crippen LogP contribution in [0.1, 0.15) is 25.3 Å². The number of aliphatic hydroxyl groups is 1. The van der Waals surface area contributed by atoms with Crippen molar-refractivity contribution in [1.29, 1.82) is 0 Å². The predicted octanol–water partition coefficient (Wildman–Crippen LogP) is 3.54. The molecule has 0 fully saturated rings. The van der Waals surface area contributed by atoms with E-state index in [1.807, 2.05) is 0 Å². The van der Waals surface area contributed by atoms with Crippen LogP contribution in [0, 0.1) is 0 Å². The van der Waals surface area contributed by atoms with Gasteiger partial charge in [0, 0.05) is 0 Å². The molecule has 1 atom stereocenters. The first-order valence-corrected chi connectivity index (χ1v) is 9.88. The fraction of sp³-hybridized carbons (Fsp3) is 0.412. The van der Waals surface area contributed by atoms with Gasteiger partial charge >= 0.3 is 13.6 Å². The fourth-order valence-corrected chi connectivity index (χ4v) is 3.79. The lowest BCUT2D eigenvalue weighted by Gasteiger charge is -2.22. The Bertz CT molecular complexity index is 753. The van der Waals surface area contributed by atoms with Crippen molar-refractivity contribution in [3.05, 3.63) is 35.9 Å². The number of aliphatic hydroxyl groups excluding tert-OH is 1. The maximum Gasteiger partial charge on any atom is 0.363 e. The summed E-state index contributed by atoms with van der Waals surface area (Å²) in [6, 6.07) is 7.83. The molecule has 148 valence electrons. The highest BCUT2D eigenvalue weighted by Gasteiger charge is 2.35. The minimum atomic E-state index is -3.68. The van der Waals surface area contributed by atoms with Gasteiger partial charge in [-0.3, -0.25) is 4.57 Å². The summed E-state index contributed by atoms with van der Waals surface area (Å²) in [7, 11) is -0.740. The average Bonchev–Trinajstić information content (AvgIpc) is 2.68. The first-order valence-electron chi connectivity index (χ1n) is 8.27. The number of hydrogen-bond acceptors (Lipinski definition) is 9. The van der Waals surface area contributed by atoms with Crippen molar-refractivity contribution in [3.63, 3.8) is 0 Å². The molecule has 0 spiro atoms. The molecule has 10 heteroatoms. The Morgan fingerprint density at radius 1 is 1.00 bits per heavy atom. The van der Waals surface area contributed by atoms with Crippen molar-refractivity contribution in [2.45, 2.75) is 19.7 Å². The number of benzene rings is 1. The smallest absolute Gasteiger partial charge is 0.363 e. The summed E-state index contributed by atoms with van der Waals surface area (Å²) >= 11 is 0. The molecule has 1 unspecified atom stereocenters. The molecule has 0 bridgehead atoms. The lowest BCUT2D eigenvalue weighted by molar-refractivity contribution is 0.150. The number of hydrogen-bond donors (Lipinski definition) is 1. The van der Waals surface area contributed by atoms with Gasteiger partial charge < -0.3 is 28.4 Å². The van der Waals surface area contributed by atoms with E-state index in [2.05, 4.69) is 9.97 Å². The molecule has 0 amide bonds. The summed E-state index contributed by atoms with van der Waals surface area (Å²) < 4.78 is 38.7. The van der Waals surface area contributed by atoms with Gasteiger partial charge in [-0.1, -0.05) is 12.1 Å². The standard InChI is InChI=1S/C17H23N2O7P/c1-5-24-27(21,25-6-2)16(20)12-7-9-13(10-8-12)26-17-18-14(22-3)11-15(19-17)23-4/h7-11,16,20H,5-6H2,1-4H3. The van der Waals surface area contributed by atoms with Crippen LogP contribution in [0.3, 0.4) is 0 Å². The summed E-state index contributed by atoms with van der Waals surface area (Å²) in [6.07, 6.45) is 0. The maximum atomic E-state index is 12.7. The molecular formula is C17H23N2O7P. The van der Waals surface area contributed by atoms with E-state index >= 15 is 0 Å². The second-order valence-electron chi connectivity index (χ2n) is 5.16. The highest BCUT2D eigenvalue weighted by molar-refractivity contribution is 7.54. The van der Waals surface area contributed by atoms with E-state index in [9.17, 15) is 9.67 Å². The normalized spacial score (nSPS) is 12.5. The predicted molar refractivity (Wildman–Crippen MR) is 97.5 cm³/mol. The van der Waals surface area contributed by atoms with Crippen molar-refractivity contribution in [3.8, 4) is 23.5 Å². The minimum absolute atomic E-state index is 0.0359. The van der Waals surface area contributed by atoms with E-state index in [0.29, 0.717) is 23.1 Å². The van der Waals surface area contributed by atoms with Gasteiger partial charge in [0.25, 0.3) is 0 Å². The average molecular weight is 398 g/mol. The largest absolute Gasteiger partial charge is 0.481 e. The van der Waals surface area contributed by atoms with Gasteiger partial charge in [0.1, 0.15) is 5.75 Å². The molecule has 1 N–H and O–H groups in total. The van der Waals surface area contributed by atoms with Gasteiger partial charge in [-0.25, -0.2) is 0 Å². The molecule has 0 aliphatic carbocycles. The van der Waals surface area contributed by atoms with Crippen LogP contribution in [0.5, 0.6) is 23.5 Å². The first kappa shape index (κ1) is 21.1. The lowest BCUT2D eigenvalue weighted by Crippen LogP contribution is -2.06. The SMILES string of the molecule is CCOP(=O)(OCC)C(O)c1ccc(Oc2nc(OC)cc(OC)n2)cc1. The third-order valence-corrected chi connectivity index (χ3v) is 5.52. The number of nitrogens with zero attached hydrogens (tertiary/aromatic N) is 2. The lowest BCUT2D eigenvalue weighted by atomic mass is 10.2. The molecule has 1 heterocycles. The number of rotatable bonds is 10.